The molecule has 0 atom stereocenters. The molecule has 1 heterocycles. The minimum Gasteiger partial charge on any atom is -0.482 e. The van der Waals surface area contributed by atoms with Crippen LogP contribution >= 0.6 is 23.2 Å². The first-order valence-electron chi connectivity index (χ1n) is 5.66. The molecule has 0 N–H and O–H groups in total. The summed E-state index contributed by atoms with van der Waals surface area (Å²) in [6.45, 7) is 1.90. The van der Waals surface area contributed by atoms with Crippen LogP contribution < -0.4 is 4.74 Å². The standard InChI is InChI=1S/C13H10Cl2N2O3/c1-8-2-4-10(17(18)19)11(6-8)20-7-9-3-5-12(14)16-13(9)15/h2-6H,7H2,1H3. The zero-order valence-corrected chi connectivity index (χ0v) is 12.0. The molecule has 104 valence electrons. The summed E-state index contributed by atoms with van der Waals surface area (Å²) in [4.78, 5) is 14.3. The second-order valence-electron chi connectivity index (χ2n) is 4.10. The van der Waals surface area contributed by atoms with Gasteiger partial charge in [0.05, 0.1) is 4.92 Å². The van der Waals surface area contributed by atoms with Gasteiger partial charge in [0.1, 0.15) is 16.9 Å². The van der Waals surface area contributed by atoms with Crippen molar-refractivity contribution in [1.82, 2.24) is 4.98 Å². The maximum absolute atomic E-state index is 10.9. The van der Waals surface area contributed by atoms with Crippen molar-refractivity contribution in [2.24, 2.45) is 0 Å². The topological polar surface area (TPSA) is 65.3 Å². The van der Waals surface area contributed by atoms with E-state index >= 15 is 0 Å². The van der Waals surface area contributed by atoms with E-state index in [1.54, 1.807) is 24.3 Å². The molecule has 0 fully saturated rings. The molecule has 1 aromatic heterocycles. The molecule has 0 unspecified atom stereocenters. The summed E-state index contributed by atoms with van der Waals surface area (Å²) in [5.41, 5.74) is 1.38. The molecule has 0 radical (unpaired) electrons. The summed E-state index contributed by atoms with van der Waals surface area (Å²) < 4.78 is 5.48. The smallest absolute Gasteiger partial charge is 0.310 e. The third-order valence-electron chi connectivity index (χ3n) is 2.59. The lowest BCUT2D eigenvalue weighted by molar-refractivity contribution is -0.386. The SMILES string of the molecule is Cc1ccc([N+](=O)[O-])c(OCc2ccc(Cl)nc2Cl)c1. The number of aryl methyl sites for hydroxylation is 1. The van der Waals surface area contributed by atoms with Crippen LogP contribution in [0.2, 0.25) is 10.3 Å². The van der Waals surface area contributed by atoms with Crippen molar-refractivity contribution < 1.29 is 9.66 Å². The van der Waals surface area contributed by atoms with Crippen LogP contribution in [-0.4, -0.2) is 9.91 Å². The highest BCUT2D eigenvalue weighted by atomic mass is 35.5. The summed E-state index contributed by atoms with van der Waals surface area (Å²) in [7, 11) is 0. The maximum Gasteiger partial charge on any atom is 0.310 e. The van der Waals surface area contributed by atoms with Gasteiger partial charge in [-0.05, 0) is 30.7 Å². The van der Waals surface area contributed by atoms with Crippen molar-refractivity contribution in [3.05, 3.63) is 61.9 Å². The van der Waals surface area contributed by atoms with Gasteiger partial charge >= 0.3 is 5.69 Å². The highest BCUT2D eigenvalue weighted by Crippen LogP contribution is 2.29. The Bertz CT molecular complexity index is 662. The minimum absolute atomic E-state index is 0.0767. The van der Waals surface area contributed by atoms with Gasteiger partial charge in [-0.2, -0.15) is 0 Å². The van der Waals surface area contributed by atoms with E-state index in [0.29, 0.717) is 5.56 Å². The molecule has 0 aliphatic rings. The lowest BCUT2D eigenvalue weighted by Gasteiger charge is -2.08. The largest absolute Gasteiger partial charge is 0.482 e. The Morgan fingerprint density at radius 2 is 2.05 bits per heavy atom. The second kappa shape index (κ2) is 6.07. The predicted octanol–water partition coefficient (Wildman–Crippen LogP) is 4.18. The number of hydrogen-bond acceptors (Lipinski definition) is 4. The molecule has 0 aliphatic carbocycles. The monoisotopic (exact) mass is 312 g/mol. The first kappa shape index (κ1) is 14.6. The Balaban J connectivity index is 2.22. The number of aromatic nitrogens is 1. The number of ether oxygens (including phenoxy) is 1. The van der Waals surface area contributed by atoms with Crippen molar-refractivity contribution in [3.63, 3.8) is 0 Å². The summed E-state index contributed by atoms with van der Waals surface area (Å²) in [6.07, 6.45) is 0. The number of pyridine rings is 1. The molecule has 2 aromatic rings. The number of hydrogen-bond donors (Lipinski definition) is 0. The van der Waals surface area contributed by atoms with Crippen molar-refractivity contribution >= 4 is 28.9 Å². The van der Waals surface area contributed by atoms with Crippen LogP contribution in [-0.2, 0) is 6.61 Å². The zero-order chi connectivity index (χ0) is 14.7. The maximum atomic E-state index is 10.9. The van der Waals surface area contributed by atoms with Gasteiger partial charge in [0.15, 0.2) is 5.75 Å². The van der Waals surface area contributed by atoms with Crippen molar-refractivity contribution in [2.75, 3.05) is 0 Å². The van der Waals surface area contributed by atoms with Gasteiger partial charge in [0.25, 0.3) is 0 Å². The molecule has 0 saturated heterocycles. The van der Waals surface area contributed by atoms with Gasteiger partial charge in [0, 0.05) is 11.6 Å². The number of benzene rings is 1. The Labute approximate surface area is 125 Å². The van der Waals surface area contributed by atoms with Gasteiger partial charge in [0.2, 0.25) is 0 Å². The van der Waals surface area contributed by atoms with Crippen LogP contribution in [0.25, 0.3) is 0 Å². The molecule has 0 spiro atoms. The quantitative estimate of drug-likeness (QED) is 0.482. The fraction of sp³-hybridized carbons (Fsp3) is 0.154. The zero-order valence-electron chi connectivity index (χ0n) is 10.5. The molecule has 5 nitrogen and oxygen atoms in total. The van der Waals surface area contributed by atoms with E-state index in [9.17, 15) is 10.1 Å². The molecule has 7 heteroatoms. The molecule has 0 bridgehead atoms. The third-order valence-corrected chi connectivity index (χ3v) is 3.12. The summed E-state index contributed by atoms with van der Waals surface area (Å²) >= 11 is 11.6. The van der Waals surface area contributed by atoms with E-state index < -0.39 is 4.92 Å². The molecular weight excluding hydrogens is 303 g/mol. The first-order chi connectivity index (χ1) is 9.47. The number of halogens is 2. The molecule has 2 rings (SSSR count). The molecule has 0 saturated carbocycles. The highest BCUT2D eigenvalue weighted by molar-refractivity contribution is 6.32. The van der Waals surface area contributed by atoms with E-state index in [0.717, 1.165) is 5.56 Å². The number of nitro groups is 1. The normalized spacial score (nSPS) is 10.3. The van der Waals surface area contributed by atoms with Crippen molar-refractivity contribution in [3.8, 4) is 5.75 Å². The van der Waals surface area contributed by atoms with Crippen molar-refractivity contribution in [1.29, 1.82) is 0 Å². The predicted molar refractivity (Wildman–Crippen MR) is 76.4 cm³/mol. The molecule has 20 heavy (non-hydrogen) atoms. The van der Waals surface area contributed by atoms with Crippen LogP contribution in [0.3, 0.4) is 0 Å². The Morgan fingerprint density at radius 1 is 1.30 bits per heavy atom. The van der Waals surface area contributed by atoms with Gasteiger partial charge in [-0.15, -0.1) is 0 Å². The highest BCUT2D eigenvalue weighted by Gasteiger charge is 2.15. The first-order valence-corrected chi connectivity index (χ1v) is 6.41. The Kier molecular flexibility index (Phi) is 4.42. The summed E-state index contributed by atoms with van der Waals surface area (Å²) in [5, 5.41) is 11.4. The molecule has 0 amide bonds. The average Bonchev–Trinajstić information content (AvgIpc) is 2.37. The lowest BCUT2D eigenvalue weighted by atomic mass is 10.2. The number of rotatable bonds is 4. The van der Waals surface area contributed by atoms with Gasteiger partial charge in [-0.25, -0.2) is 4.98 Å². The second-order valence-corrected chi connectivity index (χ2v) is 4.85. The minimum atomic E-state index is -0.490. The van der Waals surface area contributed by atoms with Gasteiger partial charge < -0.3 is 4.74 Å². The van der Waals surface area contributed by atoms with Gasteiger partial charge in [-0.1, -0.05) is 29.3 Å². The van der Waals surface area contributed by atoms with Crippen LogP contribution in [0.5, 0.6) is 5.75 Å². The van der Waals surface area contributed by atoms with Crippen LogP contribution in [0, 0.1) is 17.0 Å². The fourth-order valence-electron chi connectivity index (χ4n) is 1.59. The molecule has 0 aliphatic heterocycles. The average molecular weight is 313 g/mol. The Hall–Kier alpha value is -1.85. The lowest BCUT2D eigenvalue weighted by Crippen LogP contribution is -2.01. The molecular formula is C13H10Cl2N2O3. The number of nitro benzene ring substituents is 1. The Morgan fingerprint density at radius 3 is 2.70 bits per heavy atom. The summed E-state index contributed by atoms with van der Waals surface area (Å²) in [5.74, 6) is 0.195. The van der Waals surface area contributed by atoms with Gasteiger partial charge in [-0.3, -0.25) is 10.1 Å². The van der Waals surface area contributed by atoms with E-state index in [1.165, 1.54) is 6.07 Å². The third kappa shape index (κ3) is 3.37. The molecule has 1 aromatic carbocycles. The van der Waals surface area contributed by atoms with Crippen molar-refractivity contribution in [2.45, 2.75) is 13.5 Å². The van der Waals surface area contributed by atoms with Crippen LogP contribution in [0.4, 0.5) is 5.69 Å². The van der Waals surface area contributed by atoms with Crippen LogP contribution in [0.1, 0.15) is 11.1 Å². The summed E-state index contributed by atoms with van der Waals surface area (Å²) in [6, 6.07) is 7.92. The van der Waals surface area contributed by atoms with E-state index in [1.807, 2.05) is 6.92 Å². The van der Waals surface area contributed by atoms with Crippen LogP contribution in [0.15, 0.2) is 30.3 Å². The van der Waals surface area contributed by atoms with E-state index in [2.05, 4.69) is 4.98 Å². The number of nitrogens with zero attached hydrogens (tertiary/aromatic N) is 2. The van der Waals surface area contributed by atoms with E-state index in [4.69, 9.17) is 27.9 Å². The fourth-order valence-corrected chi connectivity index (χ4v) is 1.99. The van der Waals surface area contributed by atoms with E-state index in [-0.39, 0.29) is 28.3 Å².